The number of nitrogens with one attached hydrogen (secondary N) is 1. The number of hydrogen-bond donors (Lipinski definition) is 1. The smallest absolute Gasteiger partial charge is 0.244 e. The summed E-state index contributed by atoms with van der Waals surface area (Å²) in [5.41, 5.74) is 1.84. The Hall–Kier alpha value is -2.94. The van der Waals surface area contributed by atoms with Gasteiger partial charge in [-0.05, 0) is 49.1 Å². The molecule has 0 heterocycles. The van der Waals surface area contributed by atoms with Crippen molar-refractivity contribution >= 4 is 27.5 Å². The van der Waals surface area contributed by atoms with Crippen LogP contribution in [0.5, 0.6) is 0 Å². The van der Waals surface area contributed by atoms with Gasteiger partial charge in [0.25, 0.3) is 0 Å². The highest BCUT2D eigenvalue weighted by Gasteiger charge is 2.30. The second-order valence-electron chi connectivity index (χ2n) is 8.20. The number of nitrogens with zero attached hydrogens (tertiary/aromatic N) is 2. The van der Waals surface area contributed by atoms with Gasteiger partial charge in [-0.25, -0.2) is 12.8 Å². The van der Waals surface area contributed by atoms with Crippen LogP contribution in [0.1, 0.15) is 44.7 Å². The first-order valence-corrected chi connectivity index (χ1v) is 12.7. The number of likely N-dealkylation sites (N-methyl/N-ethyl adjacent to an activating group) is 1. The Labute approximate surface area is 195 Å². The number of benzene rings is 2. The number of para-hydroxylation sites is 1. The van der Waals surface area contributed by atoms with Crippen molar-refractivity contribution in [2.45, 2.75) is 46.2 Å². The predicted octanol–water partition coefficient (Wildman–Crippen LogP) is 3.27. The summed E-state index contributed by atoms with van der Waals surface area (Å²) in [6.07, 6.45) is 1.05. The first-order chi connectivity index (χ1) is 15.5. The summed E-state index contributed by atoms with van der Waals surface area (Å²) < 4.78 is 39.8. The van der Waals surface area contributed by atoms with Gasteiger partial charge in [-0.1, -0.05) is 44.2 Å². The van der Waals surface area contributed by atoms with Gasteiger partial charge in [0.1, 0.15) is 18.4 Å². The normalized spacial score (nSPS) is 12.3. The van der Waals surface area contributed by atoms with Crippen LogP contribution in [0.25, 0.3) is 0 Å². The van der Waals surface area contributed by atoms with E-state index >= 15 is 0 Å². The van der Waals surface area contributed by atoms with Crippen molar-refractivity contribution in [1.82, 2.24) is 10.2 Å². The number of hydrogen-bond acceptors (Lipinski definition) is 4. The van der Waals surface area contributed by atoms with Gasteiger partial charge in [-0.2, -0.15) is 0 Å². The van der Waals surface area contributed by atoms with Crippen LogP contribution in [0.4, 0.5) is 10.1 Å². The SMILES string of the molecule is CCNC(=O)C(C)N(Cc1ccc(F)cc1)C(=O)CN(c1ccccc1C(C)C)S(C)(=O)=O. The van der Waals surface area contributed by atoms with Crippen LogP contribution in [0.3, 0.4) is 0 Å². The van der Waals surface area contributed by atoms with Crippen LogP contribution in [-0.4, -0.2) is 50.5 Å². The fourth-order valence-electron chi connectivity index (χ4n) is 3.49. The summed E-state index contributed by atoms with van der Waals surface area (Å²) >= 11 is 0. The highest BCUT2D eigenvalue weighted by Crippen LogP contribution is 2.29. The zero-order valence-corrected chi connectivity index (χ0v) is 20.5. The Kier molecular flexibility index (Phi) is 8.99. The van der Waals surface area contributed by atoms with Crippen molar-refractivity contribution in [3.63, 3.8) is 0 Å². The van der Waals surface area contributed by atoms with Crippen LogP contribution in [0.15, 0.2) is 48.5 Å². The molecule has 0 fully saturated rings. The maximum atomic E-state index is 13.4. The fraction of sp³-hybridized carbons (Fsp3) is 0.417. The van der Waals surface area contributed by atoms with Crippen molar-refractivity contribution in [1.29, 1.82) is 0 Å². The molecule has 0 aromatic heterocycles. The lowest BCUT2D eigenvalue weighted by atomic mass is 10.0. The molecule has 2 aromatic rings. The summed E-state index contributed by atoms with van der Waals surface area (Å²) in [4.78, 5) is 27.3. The molecule has 2 rings (SSSR count). The summed E-state index contributed by atoms with van der Waals surface area (Å²) in [5, 5.41) is 2.69. The summed E-state index contributed by atoms with van der Waals surface area (Å²) in [7, 11) is -3.80. The fourth-order valence-corrected chi connectivity index (χ4v) is 4.36. The molecule has 0 spiro atoms. The van der Waals surface area contributed by atoms with Crippen LogP contribution in [0, 0.1) is 5.82 Å². The van der Waals surface area contributed by atoms with Gasteiger partial charge in [-0.3, -0.25) is 13.9 Å². The Balaban J connectivity index is 2.44. The maximum Gasteiger partial charge on any atom is 0.244 e. The minimum absolute atomic E-state index is 0.0286. The number of amides is 2. The van der Waals surface area contributed by atoms with E-state index in [1.54, 1.807) is 26.0 Å². The van der Waals surface area contributed by atoms with Crippen LogP contribution in [-0.2, 0) is 26.2 Å². The van der Waals surface area contributed by atoms with E-state index < -0.39 is 34.3 Å². The molecular formula is C24H32FN3O4S. The predicted molar refractivity (Wildman–Crippen MR) is 128 cm³/mol. The summed E-state index contributed by atoms with van der Waals surface area (Å²) in [6.45, 7) is 7.19. The van der Waals surface area contributed by atoms with E-state index in [1.165, 1.54) is 29.2 Å². The molecule has 0 aliphatic heterocycles. The summed E-state index contributed by atoms with van der Waals surface area (Å²) in [6, 6.07) is 11.8. The molecule has 33 heavy (non-hydrogen) atoms. The van der Waals surface area contributed by atoms with Gasteiger partial charge < -0.3 is 10.2 Å². The molecule has 1 N–H and O–H groups in total. The average molecular weight is 478 g/mol. The van der Waals surface area contributed by atoms with Gasteiger partial charge in [0.2, 0.25) is 21.8 Å². The lowest BCUT2D eigenvalue weighted by Gasteiger charge is -2.32. The minimum atomic E-state index is -3.80. The lowest BCUT2D eigenvalue weighted by Crippen LogP contribution is -2.51. The van der Waals surface area contributed by atoms with E-state index in [-0.39, 0.29) is 18.4 Å². The van der Waals surface area contributed by atoms with Gasteiger partial charge >= 0.3 is 0 Å². The molecule has 7 nitrogen and oxygen atoms in total. The van der Waals surface area contributed by atoms with Crippen LogP contribution in [0.2, 0.25) is 0 Å². The monoisotopic (exact) mass is 477 g/mol. The number of carbonyl (C=O) groups excluding carboxylic acids is 2. The molecule has 2 amide bonds. The first-order valence-electron chi connectivity index (χ1n) is 10.8. The standard InChI is InChI=1S/C24H32FN3O4S/c1-6-26-24(30)18(4)27(15-19-11-13-20(25)14-12-19)23(29)16-28(33(5,31)32)22-10-8-7-9-21(22)17(2)3/h7-14,17-18H,6,15-16H2,1-5H3,(H,26,30). The molecule has 1 atom stereocenters. The average Bonchev–Trinajstić information content (AvgIpc) is 2.75. The third-order valence-electron chi connectivity index (χ3n) is 5.29. The van der Waals surface area contributed by atoms with Crippen molar-refractivity contribution in [3.05, 3.63) is 65.5 Å². The second kappa shape index (κ2) is 11.3. The number of carbonyl (C=O) groups is 2. The van der Waals surface area contributed by atoms with E-state index in [0.29, 0.717) is 17.8 Å². The zero-order chi connectivity index (χ0) is 24.8. The molecule has 0 radical (unpaired) electrons. The van der Waals surface area contributed by atoms with Crippen molar-refractivity contribution in [3.8, 4) is 0 Å². The van der Waals surface area contributed by atoms with Gasteiger partial charge in [0.05, 0.1) is 11.9 Å². The van der Waals surface area contributed by atoms with Crippen molar-refractivity contribution in [2.75, 3.05) is 23.7 Å². The quantitative estimate of drug-likeness (QED) is 0.569. The molecule has 0 aliphatic carbocycles. The lowest BCUT2D eigenvalue weighted by molar-refractivity contribution is -0.139. The number of anilines is 1. The van der Waals surface area contributed by atoms with E-state index in [4.69, 9.17) is 0 Å². The van der Waals surface area contributed by atoms with E-state index in [0.717, 1.165) is 16.1 Å². The molecule has 0 saturated heterocycles. The summed E-state index contributed by atoms with van der Waals surface area (Å²) in [5.74, 6) is -1.28. The number of sulfonamides is 1. The van der Waals surface area contributed by atoms with E-state index in [9.17, 15) is 22.4 Å². The zero-order valence-electron chi connectivity index (χ0n) is 19.7. The maximum absolute atomic E-state index is 13.4. The van der Waals surface area contributed by atoms with Crippen LogP contribution < -0.4 is 9.62 Å². The first kappa shape index (κ1) is 26.3. The Morgan fingerprint density at radius 3 is 2.18 bits per heavy atom. The molecular weight excluding hydrogens is 445 g/mol. The largest absolute Gasteiger partial charge is 0.355 e. The minimum Gasteiger partial charge on any atom is -0.355 e. The molecule has 0 saturated carbocycles. The number of halogens is 1. The van der Waals surface area contributed by atoms with E-state index in [2.05, 4.69) is 5.32 Å². The number of rotatable bonds is 10. The van der Waals surface area contributed by atoms with Crippen LogP contribution >= 0.6 is 0 Å². The Morgan fingerprint density at radius 1 is 1.03 bits per heavy atom. The third kappa shape index (κ3) is 7.02. The molecule has 9 heteroatoms. The highest BCUT2D eigenvalue weighted by atomic mass is 32.2. The molecule has 0 aliphatic rings. The topological polar surface area (TPSA) is 86.8 Å². The molecule has 0 bridgehead atoms. The Morgan fingerprint density at radius 2 is 1.64 bits per heavy atom. The molecule has 2 aromatic carbocycles. The van der Waals surface area contributed by atoms with Gasteiger partial charge in [0, 0.05) is 13.1 Å². The third-order valence-corrected chi connectivity index (χ3v) is 6.42. The van der Waals surface area contributed by atoms with Gasteiger partial charge in [0.15, 0.2) is 0 Å². The van der Waals surface area contributed by atoms with Gasteiger partial charge in [-0.15, -0.1) is 0 Å². The van der Waals surface area contributed by atoms with E-state index in [1.807, 2.05) is 26.0 Å². The van der Waals surface area contributed by atoms with Crippen molar-refractivity contribution < 1.29 is 22.4 Å². The van der Waals surface area contributed by atoms with Crippen molar-refractivity contribution in [2.24, 2.45) is 0 Å². The Bertz CT molecular complexity index is 1070. The molecule has 180 valence electrons. The molecule has 1 unspecified atom stereocenters. The highest BCUT2D eigenvalue weighted by molar-refractivity contribution is 7.92. The second-order valence-corrected chi connectivity index (χ2v) is 10.1.